The number of hydrogen-bond acceptors (Lipinski definition) is 2. The van der Waals surface area contributed by atoms with Gasteiger partial charge in [-0.1, -0.05) is 24.3 Å². The Morgan fingerprint density at radius 2 is 1.90 bits per heavy atom. The van der Waals surface area contributed by atoms with Crippen molar-refractivity contribution in [1.29, 1.82) is 0 Å². The van der Waals surface area contributed by atoms with Gasteiger partial charge in [0.15, 0.2) is 0 Å². The zero-order valence-corrected chi connectivity index (χ0v) is 12.8. The summed E-state index contributed by atoms with van der Waals surface area (Å²) in [5.74, 6) is 1.29. The second-order valence-electron chi connectivity index (χ2n) is 6.90. The van der Waals surface area contributed by atoms with Crippen LogP contribution in [0.5, 0.6) is 0 Å². The molecule has 21 heavy (non-hydrogen) atoms. The lowest BCUT2D eigenvalue weighted by atomic mass is 9.77. The zero-order chi connectivity index (χ0) is 14.4. The summed E-state index contributed by atoms with van der Waals surface area (Å²) in [6, 6.07) is 8.84. The van der Waals surface area contributed by atoms with E-state index in [-0.39, 0.29) is 12.0 Å². The summed E-state index contributed by atoms with van der Waals surface area (Å²) < 4.78 is 0. The van der Waals surface area contributed by atoms with Gasteiger partial charge in [-0.15, -0.1) is 0 Å². The maximum absolute atomic E-state index is 13.1. The first-order valence-electron chi connectivity index (χ1n) is 8.34. The molecule has 3 fully saturated rings. The number of carbonyl (C=O) groups is 1. The van der Waals surface area contributed by atoms with Crippen molar-refractivity contribution in [3.63, 3.8) is 0 Å². The summed E-state index contributed by atoms with van der Waals surface area (Å²) in [5.41, 5.74) is 2.77. The number of amides is 1. The van der Waals surface area contributed by atoms with Gasteiger partial charge in [-0.2, -0.15) is 0 Å². The lowest BCUT2D eigenvalue weighted by molar-refractivity contribution is -0.144. The van der Waals surface area contributed by atoms with Crippen LogP contribution in [0.4, 0.5) is 0 Å². The van der Waals surface area contributed by atoms with Gasteiger partial charge in [-0.05, 0) is 56.3 Å². The molecule has 2 unspecified atom stereocenters. The van der Waals surface area contributed by atoms with Crippen LogP contribution in [0, 0.1) is 11.8 Å². The van der Waals surface area contributed by atoms with Crippen LogP contribution < -0.4 is 0 Å². The van der Waals surface area contributed by atoms with Gasteiger partial charge in [-0.3, -0.25) is 4.79 Å². The molecule has 0 radical (unpaired) electrons. The molecular formula is C18H24N2O. The molecule has 1 aromatic carbocycles. The molecule has 2 bridgehead atoms. The fourth-order valence-corrected chi connectivity index (χ4v) is 4.53. The molecule has 0 N–H and O–H groups in total. The number of fused-ring (bicyclic) bond motifs is 4. The van der Waals surface area contributed by atoms with Gasteiger partial charge in [0.1, 0.15) is 0 Å². The molecule has 0 aromatic heterocycles. The molecular weight excluding hydrogens is 260 g/mol. The summed E-state index contributed by atoms with van der Waals surface area (Å²) in [6.45, 7) is 6.48. The summed E-state index contributed by atoms with van der Waals surface area (Å²) in [5, 5.41) is 0. The summed E-state index contributed by atoms with van der Waals surface area (Å²) in [7, 11) is 0. The number of carbonyl (C=O) groups excluding carboxylic acids is 1. The minimum atomic E-state index is 0.234. The topological polar surface area (TPSA) is 23.6 Å². The number of hydrogen-bond donors (Lipinski definition) is 0. The number of piperidine rings is 3. The highest BCUT2D eigenvalue weighted by Crippen LogP contribution is 2.37. The minimum absolute atomic E-state index is 0.234. The van der Waals surface area contributed by atoms with Gasteiger partial charge in [0.05, 0.1) is 12.0 Å². The highest BCUT2D eigenvalue weighted by atomic mass is 16.2. The van der Waals surface area contributed by atoms with Crippen molar-refractivity contribution >= 4 is 5.91 Å². The van der Waals surface area contributed by atoms with E-state index in [0.29, 0.717) is 11.8 Å². The number of nitrogens with zero attached hydrogens (tertiary/aromatic N) is 2. The maximum atomic E-state index is 13.1. The fourth-order valence-electron chi connectivity index (χ4n) is 4.53. The first kappa shape index (κ1) is 13.3. The Morgan fingerprint density at radius 1 is 1.14 bits per heavy atom. The average Bonchev–Trinajstić information content (AvgIpc) is 2.56. The molecule has 1 aromatic rings. The van der Waals surface area contributed by atoms with Crippen molar-refractivity contribution in [2.45, 2.75) is 32.2 Å². The van der Waals surface area contributed by atoms with Gasteiger partial charge >= 0.3 is 0 Å². The van der Waals surface area contributed by atoms with Crippen LogP contribution in [0.15, 0.2) is 24.3 Å². The van der Waals surface area contributed by atoms with Crippen molar-refractivity contribution < 1.29 is 4.79 Å². The monoisotopic (exact) mass is 284 g/mol. The third kappa shape index (κ3) is 2.18. The molecule has 2 atom stereocenters. The highest BCUT2D eigenvalue weighted by Gasteiger charge is 2.41. The minimum Gasteiger partial charge on any atom is -0.335 e. The van der Waals surface area contributed by atoms with Crippen LogP contribution in [-0.4, -0.2) is 41.9 Å². The van der Waals surface area contributed by atoms with Crippen molar-refractivity contribution in [3.8, 4) is 0 Å². The zero-order valence-electron chi connectivity index (χ0n) is 12.8. The third-order valence-corrected chi connectivity index (χ3v) is 5.85. The van der Waals surface area contributed by atoms with E-state index < -0.39 is 0 Å². The molecule has 3 saturated heterocycles. The Morgan fingerprint density at radius 3 is 2.62 bits per heavy atom. The smallest absolute Gasteiger partial charge is 0.227 e. The molecule has 0 aliphatic carbocycles. The Bertz CT molecular complexity index is 548. The largest absolute Gasteiger partial charge is 0.335 e. The molecule has 3 heteroatoms. The van der Waals surface area contributed by atoms with E-state index in [1.54, 1.807) is 0 Å². The Labute approximate surface area is 126 Å². The highest BCUT2D eigenvalue weighted by molar-refractivity contribution is 5.80. The Kier molecular flexibility index (Phi) is 3.26. The molecule has 112 valence electrons. The van der Waals surface area contributed by atoms with Crippen molar-refractivity contribution in [2.75, 3.05) is 26.2 Å². The van der Waals surface area contributed by atoms with Crippen LogP contribution in [0.25, 0.3) is 0 Å². The fraction of sp³-hybridized carbons (Fsp3) is 0.611. The van der Waals surface area contributed by atoms with Gasteiger partial charge in [0.2, 0.25) is 5.91 Å². The first-order valence-corrected chi connectivity index (χ1v) is 8.34. The van der Waals surface area contributed by atoms with Crippen molar-refractivity contribution in [3.05, 3.63) is 35.4 Å². The second-order valence-corrected chi connectivity index (χ2v) is 6.90. The standard InChI is InChI=1S/C18H24N2O/c1-13-16-5-3-2-4-14(16)8-11-20(13)18(21)17-12-19-9-6-15(17)7-10-19/h2-5,13,15,17H,6-12H2,1H3. The van der Waals surface area contributed by atoms with E-state index in [9.17, 15) is 4.79 Å². The average molecular weight is 284 g/mol. The van der Waals surface area contributed by atoms with E-state index in [1.165, 1.54) is 37.1 Å². The second kappa shape index (κ2) is 5.13. The predicted octanol–water partition coefficient (Wildman–Crippen LogP) is 2.47. The van der Waals surface area contributed by atoms with Crippen LogP contribution in [0.2, 0.25) is 0 Å². The van der Waals surface area contributed by atoms with E-state index >= 15 is 0 Å². The van der Waals surface area contributed by atoms with E-state index in [0.717, 1.165) is 19.5 Å². The van der Waals surface area contributed by atoms with E-state index in [1.807, 2.05) is 0 Å². The lowest BCUT2D eigenvalue weighted by Crippen LogP contribution is -2.54. The normalized spacial score (nSPS) is 34.6. The van der Waals surface area contributed by atoms with Crippen LogP contribution in [-0.2, 0) is 11.2 Å². The molecule has 4 heterocycles. The maximum Gasteiger partial charge on any atom is 0.227 e. The first-order chi connectivity index (χ1) is 10.2. The van der Waals surface area contributed by atoms with Crippen LogP contribution >= 0.6 is 0 Å². The van der Waals surface area contributed by atoms with Gasteiger partial charge < -0.3 is 9.80 Å². The molecule has 1 amide bonds. The molecule has 0 spiro atoms. The lowest BCUT2D eigenvalue weighted by Gasteiger charge is -2.47. The molecule has 3 nitrogen and oxygen atoms in total. The Balaban J connectivity index is 1.56. The van der Waals surface area contributed by atoms with Crippen LogP contribution in [0.3, 0.4) is 0 Å². The van der Waals surface area contributed by atoms with Crippen LogP contribution in [0.1, 0.15) is 36.9 Å². The number of rotatable bonds is 1. The quantitative estimate of drug-likeness (QED) is 0.791. The van der Waals surface area contributed by atoms with Crippen molar-refractivity contribution in [2.24, 2.45) is 11.8 Å². The van der Waals surface area contributed by atoms with E-state index in [4.69, 9.17) is 0 Å². The summed E-state index contributed by atoms with van der Waals surface area (Å²) in [4.78, 5) is 17.7. The van der Waals surface area contributed by atoms with Crippen molar-refractivity contribution in [1.82, 2.24) is 9.80 Å². The molecule has 5 rings (SSSR count). The number of benzene rings is 1. The SMILES string of the molecule is CC1c2ccccc2CCN1C(=O)C1CN2CCC1CC2. The molecule has 4 aliphatic rings. The Hall–Kier alpha value is -1.35. The predicted molar refractivity (Wildman–Crippen MR) is 82.9 cm³/mol. The summed E-state index contributed by atoms with van der Waals surface area (Å²) >= 11 is 0. The summed E-state index contributed by atoms with van der Waals surface area (Å²) in [6.07, 6.45) is 3.44. The van der Waals surface area contributed by atoms with E-state index in [2.05, 4.69) is 41.0 Å². The third-order valence-electron chi connectivity index (χ3n) is 5.85. The molecule has 0 saturated carbocycles. The van der Waals surface area contributed by atoms with Gasteiger partial charge in [0.25, 0.3) is 0 Å². The van der Waals surface area contributed by atoms with Gasteiger partial charge in [0, 0.05) is 13.1 Å². The molecule has 4 aliphatic heterocycles. The van der Waals surface area contributed by atoms with Gasteiger partial charge in [-0.25, -0.2) is 0 Å².